The molecule has 4 heterocycles. The Hall–Kier alpha value is -5.82. The van der Waals surface area contributed by atoms with Crippen LogP contribution in [0.4, 0.5) is 11.4 Å². The van der Waals surface area contributed by atoms with Crippen LogP contribution in [0.25, 0.3) is 0 Å². The molecule has 2 N–H and O–H groups in total. The summed E-state index contributed by atoms with van der Waals surface area (Å²) in [5.41, 5.74) is 3.88. The second-order valence-corrected chi connectivity index (χ2v) is 11.9. The topological polar surface area (TPSA) is 125 Å². The van der Waals surface area contributed by atoms with E-state index in [0.29, 0.717) is 48.7 Å². The first-order chi connectivity index (χ1) is 23.4. The van der Waals surface area contributed by atoms with Gasteiger partial charge in [-0.3, -0.25) is 19.2 Å². The van der Waals surface area contributed by atoms with E-state index in [-0.39, 0.29) is 36.5 Å². The number of benzene rings is 2. The van der Waals surface area contributed by atoms with Gasteiger partial charge in [0.1, 0.15) is 23.5 Å². The van der Waals surface area contributed by atoms with Crippen LogP contribution in [0.5, 0.6) is 0 Å². The molecular weight excluding hydrogens is 604 g/mol. The third-order valence-corrected chi connectivity index (χ3v) is 8.53. The highest BCUT2D eigenvalue weighted by Crippen LogP contribution is 2.22. The van der Waals surface area contributed by atoms with Gasteiger partial charge in [0.05, 0.1) is 36.6 Å². The predicted molar refractivity (Wildman–Crippen MR) is 181 cm³/mol. The maximum absolute atomic E-state index is 13.0. The number of nitrogens with one attached hydrogen (secondary N) is 2. The van der Waals surface area contributed by atoms with Crippen LogP contribution in [0.3, 0.4) is 0 Å². The Balaban J connectivity index is 0.995. The van der Waals surface area contributed by atoms with Gasteiger partial charge in [0.15, 0.2) is 0 Å². The summed E-state index contributed by atoms with van der Waals surface area (Å²) in [6.45, 7) is 1.13. The molecule has 2 aliphatic rings. The summed E-state index contributed by atoms with van der Waals surface area (Å²) >= 11 is 0. The molecule has 2 aromatic heterocycles. The fraction of sp³-hybridized carbons (Fsp3) is 0.263. The van der Waals surface area contributed by atoms with Gasteiger partial charge in [-0.2, -0.15) is 0 Å². The number of carbonyl (C=O) groups excluding carboxylic acids is 4. The van der Waals surface area contributed by atoms with Gasteiger partial charge in [-0.25, -0.2) is 9.97 Å². The molecule has 0 spiro atoms. The van der Waals surface area contributed by atoms with Crippen LogP contribution in [0, 0.1) is 11.8 Å². The van der Waals surface area contributed by atoms with Gasteiger partial charge in [-0.1, -0.05) is 60.7 Å². The second kappa shape index (κ2) is 15.2. The fourth-order valence-corrected chi connectivity index (χ4v) is 6.08. The molecule has 2 aliphatic heterocycles. The average Bonchev–Trinajstić information content (AvgIpc) is 3.81. The zero-order valence-electron chi connectivity index (χ0n) is 26.5. The standard InChI is InChI=1S/C38H36N6O4/c45-35(23-27-9-3-1-4-10-27)43-21-7-13-33(43)37(47)41-31-19-17-29(39-25-31)15-16-30-18-20-32(26-40-30)42-38(48)34-14-8-22-44(34)36(46)24-28-11-5-2-6-12-28/h1-6,9-12,17-20,25-26,33-34H,7-8,13-14,21-24H2,(H,41,47)(H,42,48). The Morgan fingerprint density at radius 2 is 1.02 bits per heavy atom. The van der Waals surface area contributed by atoms with Crippen molar-refractivity contribution in [2.24, 2.45) is 0 Å². The van der Waals surface area contributed by atoms with Crippen molar-refractivity contribution in [1.82, 2.24) is 19.8 Å². The van der Waals surface area contributed by atoms with Crippen molar-refractivity contribution >= 4 is 35.0 Å². The molecule has 2 aromatic carbocycles. The first kappa shape index (κ1) is 32.1. The third-order valence-electron chi connectivity index (χ3n) is 8.53. The van der Waals surface area contributed by atoms with E-state index < -0.39 is 12.1 Å². The van der Waals surface area contributed by atoms with Gasteiger partial charge in [-0.15, -0.1) is 0 Å². The number of anilines is 2. The number of amides is 4. The van der Waals surface area contributed by atoms with Crippen LogP contribution in [-0.4, -0.2) is 68.6 Å². The summed E-state index contributed by atoms with van der Waals surface area (Å²) in [4.78, 5) is 63.9. The Morgan fingerprint density at radius 3 is 1.40 bits per heavy atom. The summed E-state index contributed by atoms with van der Waals surface area (Å²) in [6.07, 6.45) is 6.40. The number of likely N-dealkylation sites (tertiary alicyclic amines) is 2. The van der Waals surface area contributed by atoms with Gasteiger partial charge in [0.2, 0.25) is 23.6 Å². The van der Waals surface area contributed by atoms with E-state index in [0.717, 1.165) is 24.0 Å². The summed E-state index contributed by atoms with van der Waals surface area (Å²) in [6, 6.07) is 24.9. The number of nitrogens with zero attached hydrogens (tertiary/aromatic N) is 4. The first-order valence-electron chi connectivity index (χ1n) is 16.2. The molecule has 0 bridgehead atoms. The lowest BCUT2D eigenvalue weighted by Crippen LogP contribution is -2.43. The summed E-state index contributed by atoms with van der Waals surface area (Å²) in [5, 5.41) is 5.77. The number of pyridine rings is 2. The smallest absolute Gasteiger partial charge is 0.247 e. The number of aromatic nitrogens is 2. The van der Waals surface area contributed by atoms with Crippen LogP contribution < -0.4 is 10.6 Å². The third kappa shape index (κ3) is 8.12. The van der Waals surface area contributed by atoms with Crippen molar-refractivity contribution in [3.8, 4) is 11.8 Å². The van der Waals surface area contributed by atoms with E-state index in [1.54, 1.807) is 34.1 Å². The number of carbonyl (C=O) groups is 4. The van der Waals surface area contributed by atoms with E-state index in [4.69, 9.17) is 0 Å². The molecule has 2 fully saturated rings. The highest BCUT2D eigenvalue weighted by molar-refractivity contribution is 5.98. The molecule has 48 heavy (non-hydrogen) atoms. The van der Waals surface area contributed by atoms with Crippen molar-refractivity contribution < 1.29 is 19.2 Å². The molecule has 2 saturated heterocycles. The highest BCUT2D eigenvalue weighted by Gasteiger charge is 2.35. The Morgan fingerprint density at radius 1 is 0.604 bits per heavy atom. The molecule has 10 nitrogen and oxygen atoms in total. The van der Waals surface area contributed by atoms with E-state index >= 15 is 0 Å². The first-order valence-corrected chi connectivity index (χ1v) is 16.2. The summed E-state index contributed by atoms with van der Waals surface area (Å²) in [7, 11) is 0. The van der Waals surface area contributed by atoms with Gasteiger partial charge in [0.25, 0.3) is 0 Å². The van der Waals surface area contributed by atoms with Crippen LogP contribution >= 0.6 is 0 Å². The molecule has 6 rings (SSSR count). The van der Waals surface area contributed by atoms with Crippen LogP contribution in [0.15, 0.2) is 97.3 Å². The van der Waals surface area contributed by atoms with Crippen LogP contribution in [-0.2, 0) is 32.0 Å². The molecule has 0 aliphatic carbocycles. The highest BCUT2D eigenvalue weighted by atomic mass is 16.2. The van der Waals surface area contributed by atoms with E-state index in [1.165, 1.54) is 12.4 Å². The Labute approximate surface area is 279 Å². The average molecular weight is 641 g/mol. The van der Waals surface area contributed by atoms with E-state index in [2.05, 4.69) is 32.4 Å². The molecule has 242 valence electrons. The summed E-state index contributed by atoms with van der Waals surface area (Å²) in [5.74, 6) is 5.35. The minimum Gasteiger partial charge on any atom is -0.330 e. The Bertz CT molecular complexity index is 1690. The van der Waals surface area contributed by atoms with Crippen molar-refractivity contribution in [1.29, 1.82) is 0 Å². The van der Waals surface area contributed by atoms with Crippen molar-refractivity contribution in [2.45, 2.75) is 50.6 Å². The maximum atomic E-state index is 13.0. The maximum Gasteiger partial charge on any atom is 0.247 e. The van der Waals surface area contributed by atoms with E-state index in [9.17, 15) is 19.2 Å². The van der Waals surface area contributed by atoms with E-state index in [1.807, 2.05) is 60.7 Å². The van der Waals surface area contributed by atoms with Gasteiger partial charge in [-0.05, 0) is 72.9 Å². The predicted octanol–water partition coefficient (Wildman–Crippen LogP) is 4.22. The zero-order valence-corrected chi connectivity index (χ0v) is 26.5. The number of hydrogen-bond donors (Lipinski definition) is 2. The lowest BCUT2D eigenvalue weighted by Gasteiger charge is -2.24. The SMILES string of the molecule is O=C(Nc1ccc(C#Cc2ccc(NC(=O)C3CCCN3C(=O)Cc3ccccc3)cn2)nc1)C1CCCN1C(=O)Cc1ccccc1. The van der Waals surface area contributed by atoms with Gasteiger partial charge in [0, 0.05) is 13.1 Å². The second-order valence-electron chi connectivity index (χ2n) is 11.9. The van der Waals surface area contributed by atoms with Gasteiger partial charge < -0.3 is 20.4 Å². The molecule has 4 aromatic rings. The molecule has 0 radical (unpaired) electrons. The molecular formula is C38H36N6O4. The number of rotatable bonds is 8. The molecule has 2 atom stereocenters. The van der Waals surface area contributed by atoms with Crippen molar-refractivity contribution in [3.63, 3.8) is 0 Å². The largest absolute Gasteiger partial charge is 0.330 e. The van der Waals surface area contributed by atoms with Gasteiger partial charge >= 0.3 is 0 Å². The number of hydrogen-bond acceptors (Lipinski definition) is 6. The monoisotopic (exact) mass is 640 g/mol. The molecule has 2 unspecified atom stereocenters. The summed E-state index contributed by atoms with van der Waals surface area (Å²) < 4.78 is 0. The van der Waals surface area contributed by atoms with Crippen LogP contribution in [0.1, 0.15) is 48.2 Å². The molecule has 10 heteroatoms. The van der Waals surface area contributed by atoms with Crippen molar-refractivity contribution in [2.75, 3.05) is 23.7 Å². The lowest BCUT2D eigenvalue weighted by atomic mass is 10.1. The normalized spacial score (nSPS) is 16.9. The minimum atomic E-state index is -0.515. The molecule has 0 saturated carbocycles. The Kier molecular flexibility index (Phi) is 10.2. The minimum absolute atomic E-state index is 0.0573. The van der Waals surface area contributed by atoms with Crippen LogP contribution in [0.2, 0.25) is 0 Å². The fourth-order valence-electron chi connectivity index (χ4n) is 6.08. The van der Waals surface area contributed by atoms with Crippen molar-refractivity contribution in [3.05, 3.63) is 120 Å². The quantitative estimate of drug-likeness (QED) is 0.278. The zero-order chi connectivity index (χ0) is 33.3. The lowest BCUT2D eigenvalue weighted by molar-refractivity contribution is -0.136. The molecule has 4 amide bonds.